The van der Waals surface area contributed by atoms with E-state index in [0.29, 0.717) is 18.6 Å². The second-order valence-electron chi connectivity index (χ2n) is 5.56. The zero-order valence-corrected chi connectivity index (χ0v) is 20.9. The summed E-state index contributed by atoms with van der Waals surface area (Å²) in [5.41, 5.74) is 6.72. The molecule has 1 aromatic carbocycles. The van der Waals surface area contributed by atoms with Crippen molar-refractivity contribution in [1.82, 2.24) is 0 Å². The zero-order chi connectivity index (χ0) is 18.1. The first-order valence-corrected chi connectivity index (χ1v) is 11.2. The Kier molecular flexibility index (Phi) is 7.33. The number of carboxylic acids is 1. The van der Waals surface area contributed by atoms with Crippen molar-refractivity contribution in [3.05, 3.63) is 35.9 Å². The van der Waals surface area contributed by atoms with Crippen LogP contribution < -0.4 is 10.5 Å². The van der Waals surface area contributed by atoms with Gasteiger partial charge in [0.15, 0.2) is 0 Å². The van der Waals surface area contributed by atoms with Crippen LogP contribution >= 0.6 is 90.4 Å². The van der Waals surface area contributed by atoms with Crippen molar-refractivity contribution in [2.45, 2.75) is 27.8 Å². The Morgan fingerprint density at radius 2 is 1.88 bits per heavy atom. The highest BCUT2D eigenvalue weighted by Gasteiger charge is 2.51. The van der Waals surface area contributed by atoms with Gasteiger partial charge in [-0.25, -0.2) is 0 Å². The summed E-state index contributed by atoms with van der Waals surface area (Å²) in [6.45, 7) is 0. The minimum absolute atomic E-state index is 0.137. The first kappa shape index (κ1) is 21.2. The summed E-state index contributed by atoms with van der Waals surface area (Å²) in [4.78, 5) is 11.0. The third-order valence-electron chi connectivity index (χ3n) is 3.48. The molecule has 1 aromatic rings. The molecule has 0 aromatic heterocycles. The molecular formula is C15H15I4NO4. The minimum Gasteiger partial charge on any atom is -0.508 e. The number of hydrogen-bond acceptors (Lipinski definition) is 4. The average molecular weight is 781 g/mol. The van der Waals surface area contributed by atoms with E-state index in [1.54, 1.807) is 24.3 Å². The normalized spacial score (nSPS) is 23.2. The number of alkyl halides is 4. The number of hydrogen-bond donors (Lipinski definition) is 3. The monoisotopic (exact) mass is 781 g/mol. The van der Waals surface area contributed by atoms with Gasteiger partial charge in [-0.2, -0.15) is 0 Å². The molecule has 0 radical (unpaired) electrons. The minimum atomic E-state index is -0.988. The lowest BCUT2D eigenvalue weighted by atomic mass is 9.92. The van der Waals surface area contributed by atoms with E-state index in [1.807, 2.05) is 0 Å². The number of ether oxygens (including phenoxy) is 1. The zero-order valence-electron chi connectivity index (χ0n) is 12.3. The second-order valence-corrected chi connectivity index (χ2v) is 17.1. The fourth-order valence-electron chi connectivity index (χ4n) is 2.40. The van der Waals surface area contributed by atoms with E-state index in [2.05, 4.69) is 96.4 Å². The predicted molar refractivity (Wildman–Crippen MR) is 127 cm³/mol. The molecule has 0 aliphatic heterocycles. The lowest BCUT2D eigenvalue weighted by Gasteiger charge is -2.42. The van der Waals surface area contributed by atoms with E-state index in [9.17, 15) is 9.90 Å². The summed E-state index contributed by atoms with van der Waals surface area (Å²) in [6.07, 6.45) is 2.97. The number of rotatable bonds is 5. The molecule has 9 heteroatoms. The van der Waals surface area contributed by atoms with Gasteiger partial charge in [-0.3, -0.25) is 4.79 Å². The maximum atomic E-state index is 11.0. The maximum Gasteiger partial charge on any atom is 0.320 e. The number of benzene rings is 1. The average Bonchev–Trinajstić information content (AvgIpc) is 2.43. The predicted octanol–water partition coefficient (Wildman–Crippen LogP) is 4.40. The number of carbonyl (C=O) groups is 1. The van der Waals surface area contributed by atoms with Gasteiger partial charge in [0.25, 0.3) is 0 Å². The third-order valence-corrected chi connectivity index (χ3v) is 7.13. The highest BCUT2D eigenvalue weighted by Crippen LogP contribution is 2.54. The molecule has 24 heavy (non-hydrogen) atoms. The number of halogens is 4. The summed E-state index contributed by atoms with van der Waals surface area (Å²) < 4.78 is 5.61. The number of carboxylic acid groups (broad SMARTS) is 1. The molecule has 0 bridgehead atoms. The summed E-state index contributed by atoms with van der Waals surface area (Å²) in [5, 5.41) is 18.4. The van der Waals surface area contributed by atoms with Crippen LogP contribution in [0.5, 0.6) is 11.5 Å². The van der Waals surface area contributed by atoms with Gasteiger partial charge in [0, 0.05) is 0 Å². The molecule has 0 saturated carbocycles. The summed E-state index contributed by atoms with van der Waals surface area (Å²) in [7, 11) is 0. The maximum absolute atomic E-state index is 11.0. The largest absolute Gasteiger partial charge is 0.508 e. The molecule has 0 heterocycles. The molecule has 0 amide bonds. The van der Waals surface area contributed by atoms with Gasteiger partial charge < -0.3 is 20.7 Å². The van der Waals surface area contributed by atoms with E-state index in [-0.39, 0.29) is 14.7 Å². The molecule has 1 aliphatic rings. The van der Waals surface area contributed by atoms with Crippen LogP contribution in [0.3, 0.4) is 0 Å². The van der Waals surface area contributed by atoms with Crippen molar-refractivity contribution in [2.75, 3.05) is 0 Å². The van der Waals surface area contributed by atoms with Crippen LogP contribution in [0.25, 0.3) is 0 Å². The first-order valence-electron chi connectivity index (χ1n) is 6.91. The number of phenolic OH excluding ortho intramolecular Hbond substituents is 1. The lowest BCUT2D eigenvalue weighted by molar-refractivity contribution is -0.138. The summed E-state index contributed by atoms with van der Waals surface area (Å²) in [6, 6.07) is 5.77. The Morgan fingerprint density at radius 3 is 2.38 bits per heavy atom. The standard InChI is InChI=1S/C15H15I4NO4/c16-14(17)6-8(5-11(20)12(22)23)7-15(18,19)13(14)24-10-3-1-9(21)2-4-10/h1-4,6,11,13,21H,5,7,20H2,(H,22,23)/t11-,13?/m0/s1. The van der Waals surface area contributed by atoms with E-state index in [1.165, 1.54) is 0 Å². The van der Waals surface area contributed by atoms with E-state index >= 15 is 0 Å². The Bertz CT molecular complexity index is 645. The van der Waals surface area contributed by atoms with Crippen molar-refractivity contribution in [3.63, 3.8) is 0 Å². The van der Waals surface area contributed by atoms with Crippen molar-refractivity contribution < 1.29 is 19.7 Å². The van der Waals surface area contributed by atoms with E-state index in [4.69, 9.17) is 15.6 Å². The van der Waals surface area contributed by atoms with Crippen LogP contribution in [-0.2, 0) is 4.79 Å². The molecule has 2 rings (SSSR count). The molecule has 0 saturated heterocycles. The highest BCUT2D eigenvalue weighted by atomic mass is 127. The number of aromatic hydroxyl groups is 1. The molecular weight excluding hydrogens is 766 g/mol. The molecule has 2 atom stereocenters. The summed E-state index contributed by atoms with van der Waals surface area (Å²) in [5.74, 6) is -0.105. The topological polar surface area (TPSA) is 92.8 Å². The number of aliphatic carboxylic acids is 1. The third kappa shape index (κ3) is 5.45. The van der Waals surface area contributed by atoms with E-state index < -0.39 is 12.0 Å². The Labute approximate surface area is 194 Å². The van der Waals surface area contributed by atoms with Crippen molar-refractivity contribution >= 4 is 96.3 Å². The number of phenols is 1. The van der Waals surface area contributed by atoms with Crippen molar-refractivity contribution in [2.24, 2.45) is 5.73 Å². The Morgan fingerprint density at radius 1 is 1.29 bits per heavy atom. The van der Waals surface area contributed by atoms with Crippen LogP contribution in [-0.4, -0.2) is 31.2 Å². The van der Waals surface area contributed by atoms with Gasteiger partial charge in [-0.15, -0.1) is 0 Å². The lowest BCUT2D eigenvalue weighted by Crippen LogP contribution is -2.50. The van der Waals surface area contributed by atoms with Gasteiger partial charge >= 0.3 is 5.97 Å². The molecule has 0 spiro atoms. The molecule has 0 fully saturated rings. The van der Waals surface area contributed by atoms with Gasteiger partial charge in [-0.1, -0.05) is 102 Å². The molecule has 4 N–H and O–H groups in total. The SMILES string of the molecule is N[C@@H](CC1=CC(I)(I)C(Oc2ccc(O)cc2)C(I)(I)C1)C(=O)O. The van der Waals surface area contributed by atoms with Gasteiger partial charge in [0.1, 0.15) is 26.5 Å². The second kappa shape index (κ2) is 8.29. The molecule has 132 valence electrons. The van der Waals surface area contributed by atoms with Gasteiger partial charge in [0.2, 0.25) is 0 Å². The van der Waals surface area contributed by atoms with Crippen LogP contribution in [0.15, 0.2) is 35.9 Å². The fraction of sp³-hybridized carbons (Fsp3) is 0.400. The van der Waals surface area contributed by atoms with Gasteiger partial charge in [0.05, 0.1) is 0 Å². The van der Waals surface area contributed by atoms with E-state index in [0.717, 1.165) is 5.57 Å². The van der Waals surface area contributed by atoms with Crippen LogP contribution in [0, 0.1) is 0 Å². The molecule has 1 unspecified atom stereocenters. The first-order chi connectivity index (χ1) is 11.0. The number of nitrogens with two attached hydrogens (primary N) is 1. The van der Waals surface area contributed by atoms with Crippen molar-refractivity contribution in [1.29, 1.82) is 0 Å². The quantitative estimate of drug-likeness (QED) is 0.234. The van der Waals surface area contributed by atoms with Crippen LogP contribution in [0.1, 0.15) is 12.8 Å². The molecule has 1 aliphatic carbocycles. The fourth-order valence-corrected chi connectivity index (χ4v) is 9.20. The molecule has 5 nitrogen and oxygen atoms in total. The van der Waals surface area contributed by atoms with Crippen LogP contribution in [0.4, 0.5) is 0 Å². The Hall–Kier alpha value is 0.910. The van der Waals surface area contributed by atoms with Gasteiger partial charge in [-0.05, 0) is 37.1 Å². The smallest absolute Gasteiger partial charge is 0.320 e. The van der Waals surface area contributed by atoms with Crippen LogP contribution in [0.2, 0.25) is 0 Å². The summed E-state index contributed by atoms with van der Waals surface area (Å²) >= 11 is 9.39. The Balaban J connectivity index is 2.24. The van der Waals surface area contributed by atoms with Crippen molar-refractivity contribution in [3.8, 4) is 11.5 Å². The highest BCUT2D eigenvalue weighted by molar-refractivity contribution is 14.2.